The van der Waals surface area contributed by atoms with Gasteiger partial charge < -0.3 is 15.1 Å². The van der Waals surface area contributed by atoms with E-state index in [9.17, 15) is 4.79 Å². The van der Waals surface area contributed by atoms with Crippen molar-refractivity contribution in [3.05, 3.63) is 66.7 Å². The van der Waals surface area contributed by atoms with Gasteiger partial charge in [0.2, 0.25) is 0 Å². The first-order valence-corrected chi connectivity index (χ1v) is 7.32. The third-order valence-electron chi connectivity index (χ3n) is 4.05. The van der Waals surface area contributed by atoms with Gasteiger partial charge in [-0.2, -0.15) is 0 Å². The molecule has 3 heteroatoms. The molecule has 0 radical (unpaired) electrons. The van der Waals surface area contributed by atoms with Crippen LogP contribution >= 0.6 is 0 Å². The summed E-state index contributed by atoms with van der Waals surface area (Å²) in [4.78, 5) is 13.1. The highest BCUT2D eigenvalue weighted by molar-refractivity contribution is 5.92. The fourth-order valence-corrected chi connectivity index (χ4v) is 2.82. The van der Waals surface area contributed by atoms with E-state index in [2.05, 4.69) is 30.8 Å². The van der Waals surface area contributed by atoms with Crippen molar-refractivity contribution in [3.63, 3.8) is 0 Å². The molecular formula is C19H18N2O. The second-order valence-electron chi connectivity index (χ2n) is 5.53. The molecule has 0 aromatic heterocycles. The van der Waals surface area contributed by atoms with E-state index in [0.717, 1.165) is 23.1 Å². The Morgan fingerprint density at radius 1 is 1.09 bits per heavy atom. The molecule has 3 rings (SSSR count). The molecule has 0 spiro atoms. The first-order valence-electron chi connectivity index (χ1n) is 7.32. The lowest BCUT2D eigenvalue weighted by Gasteiger charge is -2.24. The van der Waals surface area contributed by atoms with Gasteiger partial charge in [0.15, 0.2) is 0 Å². The molecule has 110 valence electrons. The highest BCUT2D eigenvalue weighted by Crippen LogP contribution is 2.27. The first-order chi connectivity index (χ1) is 10.7. The predicted molar refractivity (Wildman–Crippen MR) is 89.8 cm³/mol. The van der Waals surface area contributed by atoms with Crippen molar-refractivity contribution in [1.29, 1.82) is 5.41 Å². The topological polar surface area (TPSA) is 44.2 Å². The summed E-state index contributed by atoms with van der Waals surface area (Å²) in [6.45, 7) is 4.60. The van der Waals surface area contributed by atoms with Gasteiger partial charge in [0.1, 0.15) is 6.29 Å². The minimum absolute atomic E-state index is 0.256. The lowest BCUT2D eigenvalue weighted by Crippen LogP contribution is -2.28. The Balaban J connectivity index is 1.82. The zero-order valence-electron chi connectivity index (χ0n) is 12.3. The standard InChI is InChI=1S/C19H18N2O/c1-14(21-12-18(20)11-19(21)13-22)15-7-9-17(10-8-15)16-5-3-2-4-6-16/h2-10,13,19-20H,1,11-12H2. The van der Waals surface area contributed by atoms with Gasteiger partial charge in [-0.05, 0) is 16.7 Å². The van der Waals surface area contributed by atoms with Crippen molar-refractivity contribution >= 4 is 17.7 Å². The van der Waals surface area contributed by atoms with E-state index < -0.39 is 0 Å². The molecule has 1 atom stereocenters. The Kier molecular flexibility index (Phi) is 3.88. The van der Waals surface area contributed by atoms with Crippen LogP contribution in [0.2, 0.25) is 0 Å². The monoisotopic (exact) mass is 290 g/mol. The molecule has 22 heavy (non-hydrogen) atoms. The Morgan fingerprint density at radius 2 is 1.73 bits per heavy atom. The van der Waals surface area contributed by atoms with E-state index in [4.69, 9.17) is 5.41 Å². The third kappa shape index (κ3) is 2.70. The van der Waals surface area contributed by atoms with Crippen LogP contribution < -0.4 is 0 Å². The molecule has 3 nitrogen and oxygen atoms in total. The highest BCUT2D eigenvalue weighted by atomic mass is 16.1. The van der Waals surface area contributed by atoms with Crippen LogP contribution in [0, 0.1) is 5.41 Å². The molecule has 1 aliphatic heterocycles. The molecule has 1 saturated heterocycles. The summed E-state index contributed by atoms with van der Waals surface area (Å²) in [5.41, 5.74) is 4.70. The normalized spacial score (nSPS) is 17.5. The molecule has 2 aromatic rings. The summed E-state index contributed by atoms with van der Waals surface area (Å²) >= 11 is 0. The number of hydrogen-bond donors (Lipinski definition) is 1. The van der Waals surface area contributed by atoms with E-state index in [1.165, 1.54) is 5.56 Å². The van der Waals surface area contributed by atoms with Crippen LogP contribution in [-0.4, -0.2) is 29.5 Å². The van der Waals surface area contributed by atoms with Crippen molar-refractivity contribution in [1.82, 2.24) is 4.90 Å². The molecule has 1 unspecified atom stereocenters. The van der Waals surface area contributed by atoms with Crippen LogP contribution in [-0.2, 0) is 4.79 Å². The van der Waals surface area contributed by atoms with Crippen LogP contribution in [0.15, 0.2) is 61.2 Å². The molecule has 1 fully saturated rings. The van der Waals surface area contributed by atoms with E-state index >= 15 is 0 Å². The summed E-state index contributed by atoms with van der Waals surface area (Å²) in [6.07, 6.45) is 1.41. The van der Waals surface area contributed by atoms with Gasteiger partial charge in [-0.3, -0.25) is 0 Å². The van der Waals surface area contributed by atoms with Crippen molar-refractivity contribution in [2.75, 3.05) is 6.54 Å². The van der Waals surface area contributed by atoms with Gasteiger partial charge in [0.25, 0.3) is 0 Å². The maximum atomic E-state index is 11.2. The summed E-state index contributed by atoms with van der Waals surface area (Å²) in [5, 5.41) is 7.77. The van der Waals surface area contributed by atoms with Crippen molar-refractivity contribution < 1.29 is 4.79 Å². The predicted octanol–water partition coefficient (Wildman–Crippen LogP) is 3.62. The summed E-state index contributed by atoms with van der Waals surface area (Å²) in [6, 6.07) is 18.1. The maximum Gasteiger partial charge on any atom is 0.142 e. The quantitative estimate of drug-likeness (QED) is 0.874. The van der Waals surface area contributed by atoms with Crippen LogP contribution in [0.4, 0.5) is 0 Å². The van der Waals surface area contributed by atoms with Gasteiger partial charge in [-0.1, -0.05) is 61.2 Å². The molecule has 1 N–H and O–H groups in total. The minimum Gasteiger partial charge on any atom is -0.356 e. The number of carbonyl (C=O) groups excluding carboxylic acids is 1. The Bertz CT molecular complexity index is 704. The highest BCUT2D eigenvalue weighted by Gasteiger charge is 2.29. The molecule has 0 saturated carbocycles. The average Bonchev–Trinajstić information content (AvgIpc) is 2.96. The molecule has 2 aromatic carbocycles. The molecule has 1 heterocycles. The number of aldehydes is 1. The lowest BCUT2D eigenvalue weighted by molar-refractivity contribution is -0.110. The molecule has 1 aliphatic rings. The van der Waals surface area contributed by atoms with Gasteiger partial charge in [0.05, 0.1) is 12.6 Å². The number of rotatable bonds is 4. The summed E-state index contributed by atoms with van der Waals surface area (Å²) in [7, 11) is 0. The lowest BCUT2D eigenvalue weighted by atomic mass is 10.0. The van der Waals surface area contributed by atoms with Crippen LogP contribution in [0.1, 0.15) is 12.0 Å². The second kappa shape index (κ2) is 5.98. The Hall–Kier alpha value is -2.68. The smallest absolute Gasteiger partial charge is 0.142 e. The van der Waals surface area contributed by atoms with E-state index in [1.54, 1.807) is 0 Å². The Morgan fingerprint density at radius 3 is 2.36 bits per heavy atom. The first kappa shape index (κ1) is 14.3. The van der Waals surface area contributed by atoms with E-state index in [-0.39, 0.29) is 6.04 Å². The number of nitrogens with zero attached hydrogens (tertiary/aromatic N) is 1. The van der Waals surface area contributed by atoms with Gasteiger partial charge in [-0.25, -0.2) is 0 Å². The van der Waals surface area contributed by atoms with E-state index in [1.807, 2.05) is 35.2 Å². The average molecular weight is 290 g/mol. The van der Waals surface area contributed by atoms with Crippen LogP contribution in [0.3, 0.4) is 0 Å². The van der Waals surface area contributed by atoms with E-state index in [0.29, 0.717) is 18.7 Å². The van der Waals surface area contributed by atoms with Crippen LogP contribution in [0.5, 0.6) is 0 Å². The fraction of sp³-hybridized carbons (Fsp3) is 0.158. The minimum atomic E-state index is -0.256. The summed E-state index contributed by atoms with van der Waals surface area (Å²) in [5.74, 6) is 0. The van der Waals surface area contributed by atoms with Crippen molar-refractivity contribution in [2.24, 2.45) is 0 Å². The Labute approximate surface area is 130 Å². The van der Waals surface area contributed by atoms with Crippen molar-refractivity contribution in [2.45, 2.75) is 12.5 Å². The number of hydrogen-bond acceptors (Lipinski definition) is 3. The molecule has 0 amide bonds. The SMILES string of the molecule is C=C(c1ccc(-c2ccccc2)cc1)N1CC(=N)CC1C=O. The maximum absolute atomic E-state index is 11.2. The molecule has 0 aliphatic carbocycles. The van der Waals surface area contributed by atoms with Gasteiger partial charge in [-0.15, -0.1) is 0 Å². The fourth-order valence-electron chi connectivity index (χ4n) is 2.82. The zero-order chi connectivity index (χ0) is 15.5. The largest absolute Gasteiger partial charge is 0.356 e. The number of likely N-dealkylation sites (tertiary alicyclic amines) is 1. The zero-order valence-corrected chi connectivity index (χ0v) is 12.3. The molecule has 0 bridgehead atoms. The van der Waals surface area contributed by atoms with Gasteiger partial charge >= 0.3 is 0 Å². The number of carbonyl (C=O) groups is 1. The number of nitrogens with one attached hydrogen (secondary N) is 1. The number of benzene rings is 2. The summed E-state index contributed by atoms with van der Waals surface area (Å²) < 4.78 is 0. The second-order valence-corrected chi connectivity index (χ2v) is 5.53. The van der Waals surface area contributed by atoms with Gasteiger partial charge in [0, 0.05) is 17.8 Å². The third-order valence-corrected chi connectivity index (χ3v) is 4.05. The van der Waals surface area contributed by atoms with Crippen LogP contribution in [0.25, 0.3) is 16.8 Å². The van der Waals surface area contributed by atoms with Crippen molar-refractivity contribution in [3.8, 4) is 11.1 Å². The molecular weight excluding hydrogens is 272 g/mol.